The highest BCUT2D eigenvalue weighted by atomic mass is 28.4. The van der Waals surface area contributed by atoms with Gasteiger partial charge >= 0.3 is 0 Å². The van der Waals surface area contributed by atoms with Crippen LogP contribution in [0.15, 0.2) is 24.4 Å². The van der Waals surface area contributed by atoms with E-state index in [-0.39, 0.29) is 10.9 Å². The van der Waals surface area contributed by atoms with Gasteiger partial charge in [0.2, 0.25) is 0 Å². The van der Waals surface area contributed by atoms with Crippen molar-refractivity contribution in [3.8, 4) is 17.0 Å². The van der Waals surface area contributed by atoms with Gasteiger partial charge in [-0.05, 0) is 36.3 Å². The summed E-state index contributed by atoms with van der Waals surface area (Å²) >= 11 is 0. The summed E-state index contributed by atoms with van der Waals surface area (Å²) in [6.45, 7) is 10.6. The summed E-state index contributed by atoms with van der Waals surface area (Å²) in [5.41, 5.74) is 7.65. The summed E-state index contributed by atoms with van der Waals surface area (Å²) in [4.78, 5) is 0. The van der Waals surface area contributed by atoms with Crippen molar-refractivity contribution in [2.75, 3.05) is 5.73 Å². The summed E-state index contributed by atoms with van der Waals surface area (Å²) in [5.74, 6) is -0.0859. The van der Waals surface area contributed by atoms with Gasteiger partial charge in [0, 0.05) is 18.8 Å². The van der Waals surface area contributed by atoms with Crippen molar-refractivity contribution < 1.29 is 8.82 Å². The van der Waals surface area contributed by atoms with Gasteiger partial charge in [-0.1, -0.05) is 20.8 Å². The molecule has 0 saturated carbocycles. The van der Waals surface area contributed by atoms with Crippen LogP contribution >= 0.6 is 0 Å². The minimum Gasteiger partial charge on any atom is -0.542 e. The third-order valence-electron chi connectivity index (χ3n) is 4.23. The van der Waals surface area contributed by atoms with E-state index in [4.69, 9.17) is 10.2 Å². The molecule has 0 saturated heterocycles. The van der Waals surface area contributed by atoms with E-state index in [1.54, 1.807) is 30.1 Å². The Kier molecular flexibility index (Phi) is 4.08. The lowest BCUT2D eigenvalue weighted by Gasteiger charge is -2.36. The molecule has 0 unspecified atom stereocenters. The maximum absolute atomic E-state index is 14.4. The summed E-state index contributed by atoms with van der Waals surface area (Å²) in [6.07, 6.45) is 1.70. The Balaban J connectivity index is 2.33. The molecule has 0 spiro atoms. The number of rotatable bonds is 3. The molecule has 120 valence electrons. The number of aryl methyl sites for hydroxylation is 1. The number of hydrogen-bond acceptors (Lipinski definition) is 3. The molecule has 2 rings (SSSR count). The number of benzene rings is 1. The van der Waals surface area contributed by atoms with E-state index in [9.17, 15) is 4.39 Å². The summed E-state index contributed by atoms with van der Waals surface area (Å²) in [7, 11) is -0.282. The molecule has 0 fully saturated rings. The average Bonchev–Trinajstić information content (AvgIpc) is 2.69. The van der Waals surface area contributed by atoms with Gasteiger partial charge in [-0.15, -0.1) is 0 Å². The number of nitrogens with two attached hydrogens (primary N) is 1. The predicted octanol–water partition coefficient (Wildman–Crippen LogP) is 4.19. The molecular formula is C16H24FN3OSi. The zero-order chi connectivity index (χ0) is 16.7. The van der Waals surface area contributed by atoms with Gasteiger partial charge in [0.05, 0.1) is 5.69 Å². The average molecular weight is 321 g/mol. The second kappa shape index (κ2) is 5.42. The van der Waals surface area contributed by atoms with Crippen molar-refractivity contribution in [3.63, 3.8) is 0 Å². The number of aromatic nitrogens is 2. The molecule has 6 heteroatoms. The van der Waals surface area contributed by atoms with Gasteiger partial charge in [-0.3, -0.25) is 4.68 Å². The first-order valence-electron chi connectivity index (χ1n) is 7.29. The Morgan fingerprint density at radius 1 is 1.27 bits per heavy atom. The van der Waals surface area contributed by atoms with Crippen molar-refractivity contribution in [1.82, 2.24) is 9.78 Å². The molecule has 0 radical (unpaired) electrons. The van der Waals surface area contributed by atoms with Gasteiger partial charge < -0.3 is 10.2 Å². The van der Waals surface area contributed by atoms with Crippen molar-refractivity contribution in [1.29, 1.82) is 0 Å². The zero-order valence-corrected chi connectivity index (χ0v) is 15.1. The lowest BCUT2D eigenvalue weighted by molar-refractivity contribution is 0.457. The van der Waals surface area contributed by atoms with Gasteiger partial charge in [0.25, 0.3) is 8.32 Å². The van der Waals surface area contributed by atoms with E-state index in [1.807, 2.05) is 0 Å². The third-order valence-corrected chi connectivity index (χ3v) is 8.58. The molecule has 0 amide bonds. The number of nitrogen functional groups attached to an aromatic ring is 1. The van der Waals surface area contributed by atoms with Crippen LogP contribution in [-0.2, 0) is 7.05 Å². The minimum absolute atomic E-state index is 0.0174. The Hall–Kier alpha value is -1.82. The van der Waals surface area contributed by atoms with E-state index in [0.717, 1.165) is 0 Å². The van der Waals surface area contributed by atoms with E-state index < -0.39 is 8.32 Å². The second-order valence-electron chi connectivity index (χ2n) is 7.11. The van der Waals surface area contributed by atoms with Crippen LogP contribution in [0.25, 0.3) is 11.3 Å². The van der Waals surface area contributed by atoms with E-state index in [1.165, 1.54) is 6.07 Å². The lowest BCUT2D eigenvalue weighted by atomic mass is 10.1. The molecule has 0 atom stereocenters. The monoisotopic (exact) mass is 321 g/mol. The summed E-state index contributed by atoms with van der Waals surface area (Å²) in [5, 5.41) is 4.28. The number of halogens is 1. The van der Waals surface area contributed by atoms with Crippen molar-refractivity contribution in [2.45, 2.75) is 38.9 Å². The van der Waals surface area contributed by atoms with Gasteiger partial charge in [0.15, 0.2) is 5.82 Å². The smallest absolute Gasteiger partial charge is 0.250 e. The lowest BCUT2D eigenvalue weighted by Crippen LogP contribution is -2.44. The molecule has 0 aliphatic heterocycles. The maximum Gasteiger partial charge on any atom is 0.250 e. The first-order valence-corrected chi connectivity index (χ1v) is 10.2. The molecular weight excluding hydrogens is 297 g/mol. The highest BCUT2D eigenvalue weighted by molar-refractivity contribution is 6.74. The van der Waals surface area contributed by atoms with Crippen LogP contribution in [0, 0.1) is 5.82 Å². The van der Waals surface area contributed by atoms with Crippen LogP contribution in [0.1, 0.15) is 20.8 Å². The number of nitrogens with zero attached hydrogens (tertiary/aromatic N) is 2. The summed E-state index contributed by atoms with van der Waals surface area (Å²) in [6, 6.07) is 4.89. The van der Waals surface area contributed by atoms with Gasteiger partial charge in [-0.2, -0.15) is 5.10 Å². The Labute approximate surface area is 132 Å². The van der Waals surface area contributed by atoms with E-state index in [0.29, 0.717) is 22.7 Å². The van der Waals surface area contributed by atoms with Crippen molar-refractivity contribution >= 4 is 14.0 Å². The Morgan fingerprint density at radius 2 is 1.91 bits per heavy atom. The molecule has 1 heterocycles. The van der Waals surface area contributed by atoms with Crippen LogP contribution < -0.4 is 10.2 Å². The molecule has 1 aromatic heterocycles. The van der Waals surface area contributed by atoms with E-state index in [2.05, 4.69) is 39.0 Å². The van der Waals surface area contributed by atoms with Crippen LogP contribution in [-0.4, -0.2) is 18.1 Å². The molecule has 1 aromatic carbocycles. The fraction of sp³-hybridized carbons (Fsp3) is 0.438. The second-order valence-corrected chi connectivity index (χ2v) is 11.8. The largest absolute Gasteiger partial charge is 0.542 e. The van der Waals surface area contributed by atoms with Crippen LogP contribution in [0.5, 0.6) is 5.75 Å². The predicted molar refractivity (Wildman–Crippen MR) is 90.8 cm³/mol. The fourth-order valence-corrected chi connectivity index (χ4v) is 2.91. The molecule has 0 aliphatic carbocycles. The Bertz CT molecular complexity index is 689. The Morgan fingerprint density at radius 3 is 2.36 bits per heavy atom. The van der Waals surface area contributed by atoms with Crippen LogP contribution in [0.4, 0.5) is 10.1 Å². The van der Waals surface area contributed by atoms with Crippen LogP contribution in [0.2, 0.25) is 18.1 Å². The maximum atomic E-state index is 14.4. The summed E-state index contributed by atoms with van der Waals surface area (Å²) < 4.78 is 22.1. The normalized spacial score (nSPS) is 12.5. The van der Waals surface area contributed by atoms with Crippen molar-refractivity contribution in [2.24, 2.45) is 7.05 Å². The first-order chi connectivity index (χ1) is 10.0. The molecule has 4 nitrogen and oxygen atoms in total. The third kappa shape index (κ3) is 3.16. The highest BCUT2D eigenvalue weighted by Crippen LogP contribution is 2.38. The molecule has 0 aliphatic rings. The minimum atomic E-state index is -2.07. The first kappa shape index (κ1) is 16.5. The van der Waals surface area contributed by atoms with Crippen molar-refractivity contribution in [3.05, 3.63) is 30.2 Å². The molecule has 22 heavy (non-hydrogen) atoms. The number of hydrogen-bond donors (Lipinski definition) is 1. The highest BCUT2D eigenvalue weighted by Gasteiger charge is 2.39. The topological polar surface area (TPSA) is 53.1 Å². The molecule has 2 aromatic rings. The fourth-order valence-electron chi connectivity index (χ4n) is 1.89. The molecule has 2 N–H and O–H groups in total. The molecule has 0 bridgehead atoms. The zero-order valence-electron chi connectivity index (χ0n) is 14.1. The quantitative estimate of drug-likeness (QED) is 0.862. The standard InChI is InChI=1S/C16H24FN3OSi/c1-16(2,3)22(5,6)21-14-8-7-11(9-12(14)17)15-13(18)10-20(4)19-15/h7-10H,18H2,1-6H3. The van der Waals surface area contributed by atoms with E-state index >= 15 is 0 Å². The van der Waals surface area contributed by atoms with Gasteiger partial charge in [0.1, 0.15) is 11.4 Å². The van der Waals surface area contributed by atoms with Gasteiger partial charge in [-0.25, -0.2) is 4.39 Å². The number of anilines is 1. The SMILES string of the molecule is Cn1cc(N)c(-c2ccc(O[Si](C)(C)C(C)(C)C)c(F)c2)n1. The van der Waals surface area contributed by atoms with Crippen LogP contribution in [0.3, 0.4) is 0 Å².